The zero-order valence-electron chi connectivity index (χ0n) is 9.10. The van der Waals surface area contributed by atoms with Gasteiger partial charge in [-0.3, -0.25) is 5.10 Å². The lowest BCUT2D eigenvalue weighted by Gasteiger charge is -1.88. The van der Waals surface area contributed by atoms with Gasteiger partial charge in [0.2, 0.25) is 0 Å². The number of rotatable bonds is 0. The number of para-hydroxylation sites is 1. The van der Waals surface area contributed by atoms with Gasteiger partial charge < -0.3 is 5.73 Å². The van der Waals surface area contributed by atoms with Crippen molar-refractivity contribution in [3.63, 3.8) is 0 Å². The van der Waals surface area contributed by atoms with Gasteiger partial charge in [0.05, 0.1) is 11.7 Å². The lowest BCUT2D eigenvalue weighted by Crippen LogP contribution is -1.80. The maximum atomic E-state index is 5.56. The van der Waals surface area contributed by atoms with Crippen LogP contribution in [-0.2, 0) is 0 Å². The summed E-state index contributed by atoms with van der Waals surface area (Å²) in [5.41, 5.74) is 7.21. The number of hydrogen-bond acceptors (Lipinski definition) is 2. The molecule has 0 bridgehead atoms. The van der Waals surface area contributed by atoms with E-state index in [1.165, 1.54) is 0 Å². The molecule has 1 aromatic heterocycles. The van der Waals surface area contributed by atoms with E-state index in [-0.39, 0.29) is 0 Å². The molecule has 0 aliphatic carbocycles. The number of nitrogens with zero attached hydrogens (tertiary/aromatic N) is 1. The summed E-state index contributed by atoms with van der Waals surface area (Å²) in [5.74, 6) is 0. The van der Waals surface area contributed by atoms with Gasteiger partial charge in [0, 0.05) is 16.1 Å². The van der Waals surface area contributed by atoms with E-state index in [2.05, 4.69) is 10.2 Å². The largest absolute Gasteiger partial charge is 0.399 e. The molecule has 0 aliphatic heterocycles. The van der Waals surface area contributed by atoms with Crippen molar-refractivity contribution >= 4 is 28.2 Å². The third kappa shape index (κ3) is 3.23. The van der Waals surface area contributed by atoms with E-state index in [0.717, 1.165) is 21.6 Å². The van der Waals surface area contributed by atoms with Crippen LogP contribution in [0.2, 0.25) is 5.02 Å². The highest BCUT2D eigenvalue weighted by atomic mass is 35.5. The number of aromatic nitrogens is 2. The second-order valence-corrected chi connectivity index (χ2v) is 3.95. The fourth-order valence-electron chi connectivity index (χ4n) is 1.35. The number of anilines is 1. The Morgan fingerprint density at radius 2 is 1.71 bits per heavy atom. The molecule has 0 saturated heterocycles. The summed E-state index contributed by atoms with van der Waals surface area (Å²) in [6, 6.07) is 15.1. The number of halogens is 1. The van der Waals surface area contributed by atoms with Gasteiger partial charge in [-0.1, -0.05) is 29.8 Å². The van der Waals surface area contributed by atoms with Crippen molar-refractivity contribution in [3.8, 4) is 0 Å². The number of nitrogens with two attached hydrogens (primary N) is 1. The maximum absolute atomic E-state index is 5.56. The molecule has 3 rings (SSSR count). The summed E-state index contributed by atoms with van der Waals surface area (Å²) >= 11 is 5.56. The average molecular weight is 246 g/mol. The molecule has 1 heterocycles. The fourth-order valence-corrected chi connectivity index (χ4v) is 1.47. The molecule has 0 fully saturated rings. The molecular formula is C13H12ClN3. The monoisotopic (exact) mass is 245 g/mol. The van der Waals surface area contributed by atoms with Gasteiger partial charge in [-0.15, -0.1) is 0 Å². The summed E-state index contributed by atoms with van der Waals surface area (Å²) < 4.78 is 0. The number of nitrogens with one attached hydrogen (secondary N) is 1. The number of aromatic amines is 1. The van der Waals surface area contributed by atoms with Crippen molar-refractivity contribution in [1.82, 2.24) is 10.2 Å². The van der Waals surface area contributed by atoms with E-state index in [1.807, 2.05) is 30.5 Å². The zero-order chi connectivity index (χ0) is 12.1. The van der Waals surface area contributed by atoms with Crippen LogP contribution in [0.4, 0.5) is 5.69 Å². The molecule has 2 aromatic carbocycles. The quantitative estimate of drug-likeness (QED) is 0.596. The Bertz CT molecular complexity index is 536. The summed E-state index contributed by atoms with van der Waals surface area (Å²) in [5, 5.41) is 8.63. The second-order valence-electron chi connectivity index (χ2n) is 3.51. The molecule has 0 amide bonds. The Kier molecular flexibility index (Phi) is 3.62. The van der Waals surface area contributed by atoms with Crippen LogP contribution in [-0.4, -0.2) is 10.2 Å². The van der Waals surface area contributed by atoms with E-state index in [9.17, 15) is 0 Å². The lowest BCUT2D eigenvalue weighted by molar-refractivity contribution is 1.12. The van der Waals surface area contributed by atoms with Crippen LogP contribution >= 0.6 is 11.6 Å². The minimum atomic E-state index is 0.721. The first-order chi connectivity index (χ1) is 8.25. The van der Waals surface area contributed by atoms with Crippen LogP contribution in [0.5, 0.6) is 0 Å². The minimum Gasteiger partial charge on any atom is -0.399 e. The van der Waals surface area contributed by atoms with E-state index < -0.39 is 0 Å². The Hall–Kier alpha value is -2.00. The Balaban J connectivity index is 0.000000128. The van der Waals surface area contributed by atoms with Crippen molar-refractivity contribution in [2.75, 3.05) is 5.73 Å². The third-order valence-electron chi connectivity index (χ3n) is 2.22. The topological polar surface area (TPSA) is 54.7 Å². The van der Waals surface area contributed by atoms with Crippen LogP contribution in [0.25, 0.3) is 10.9 Å². The molecule has 17 heavy (non-hydrogen) atoms. The van der Waals surface area contributed by atoms with Gasteiger partial charge in [-0.05, 0) is 30.3 Å². The van der Waals surface area contributed by atoms with Crippen LogP contribution in [0.1, 0.15) is 0 Å². The molecule has 3 nitrogen and oxygen atoms in total. The number of H-pyrrole nitrogens is 1. The highest BCUT2D eigenvalue weighted by molar-refractivity contribution is 6.30. The van der Waals surface area contributed by atoms with Crippen LogP contribution in [0.3, 0.4) is 0 Å². The molecule has 4 heteroatoms. The summed E-state index contributed by atoms with van der Waals surface area (Å²) in [7, 11) is 0. The first-order valence-electron chi connectivity index (χ1n) is 5.15. The first kappa shape index (κ1) is 11.5. The molecule has 0 saturated carbocycles. The molecule has 3 aromatic rings. The van der Waals surface area contributed by atoms with Crippen molar-refractivity contribution in [2.45, 2.75) is 0 Å². The summed E-state index contributed by atoms with van der Waals surface area (Å²) in [4.78, 5) is 0. The first-order valence-corrected chi connectivity index (χ1v) is 5.52. The molecular weight excluding hydrogens is 234 g/mol. The van der Waals surface area contributed by atoms with Crippen molar-refractivity contribution in [2.24, 2.45) is 0 Å². The molecule has 0 aliphatic rings. The zero-order valence-corrected chi connectivity index (χ0v) is 9.85. The molecule has 0 atom stereocenters. The third-order valence-corrected chi connectivity index (χ3v) is 2.47. The Morgan fingerprint density at radius 1 is 1.00 bits per heavy atom. The van der Waals surface area contributed by atoms with Gasteiger partial charge in [-0.25, -0.2) is 0 Å². The lowest BCUT2D eigenvalue weighted by atomic mass is 10.3. The number of benzene rings is 2. The number of fused-ring (bicyclic) bond motifs is 1. The van der Waals surface area contributed by atoms with Crippen molar-refractivity contribution < 1.29 is 0 Å². The average Bonchev–Trinajstić information content (AvgIpc) is 2.82. The highest BCUT2D eigenvalue weighted by Crippen LogP contribution is 2.09. The maximum Gasteiger partial charge on any atom is 0.0650 e. The van der Waals surface area contributed by atoms with Gasteiger partial charge in [0.15, 0.2) is 0 Å². The van der Waals surface area contributed by atoms with Crippen LogP contribution in [0.15, 0.2) is 54.7 Å². The van der Waals surface area contributed by atoms with Gasteiger partial charge >= 0.3 is 0 Å². The van der Waals surface area contributed by atoms with E-state index >= 15 is 0 Å². The SMILES string of the molecule is Nc1ccc(Cl)cc1.c1ccc2[nH]ncc2c1. The van der Waals surface area contributed by atoms with Gasteiger partial charge in [-0.2, -0.15) is 5.10 Å². The second kappa shape index (κ2) is 5.37. The summed E-state index contributed by atoms with van der Waals surface area (Å²) in [6.07, 6.45) is 1.81. The minimum absolute atomic E-state index is 0.721. The number of hydrogen-bond donors (Lipinski definition) is 2. The fraction of sp³-hybridized carbons (Fsp3) is 0. The van der Waals surface area contributed by atoms with Gasteiger partial charge in [0.25, 0.3) is 0 Å². The molecule has 0 radical (unpaired) electrons. The molecule has 0 unspecified atom stereocenters. The predicted octanol–water partition coefficient (Wildman–Crippen LogP) is 3.49. The molecule has 0 spiro atoms. The number of nitrogen functional groups attached to an aromatic ring is 1. The van der Waals surface area contributed by atoms with E-state index in [4.69, 9.17) is 17.3 Å². The smallest absolute Gasteiger partial charge is 0.0650 e. The van der Waals surface area contributed by atoms with Crippen molar-refractivity contribution in [3.05, 3.63) is 59.8 Å². The van der Waals surface area contributed by atoms with Crippen molar-refractivity contribution in [1.29, 1.82) is 0 Å². The predicted molar refractivity (Wildman–Crippen MR) is 72.0 cm³/mol. The normalized spacial score (nSPS) is 9.71. The van der Waals surface area contributed by atoms with E-state index in [1.54, 1.807) is 24.3 Å². The standard InChI is InChI=1S/C7H6N2.C6H6ClN/c1-2-4-7-6(3-1)5-8-9-7;7-5-1-3-6(8)4-2-5/h1-5H,(H,8,9);1-4H,8H2. The summed E-state index contributed by atoms with van der Waals surface area (Å²) in [6.45, 7) is 0. The molecule has 3 N–H and O–H groups in total. The van der Waals surface area contributed by atoms with Crippen LogP contribution < -0.4 is 5.73 Å². The Labute approximate surface area is 104 Å². The Morgan fingerprint density at radius 3 is 2.35 bits per heavy atom. The highest BCUT2D eigenvalue weighted by Gasteiger charge is 1.88. The van der Waals surface area contributed by atoms with Gasteiger partial charge in [0.1, 0.15) is 0 Å². The van der Waals surface area contributed by atoms with Crippen LogP contribution in [0, 0.1) is 0 Å². The van der Waals surface area contributed by atoms with E-state index in [0.29, 0.717) is 0 Å². The molecule has 86 valence electrons.